The summed E-state index contributed by atoms with van der Waals surface area (Å²) in [6.07, 6.45) is -2.82. The molecule has 1 saturated heterocycles. The first-order valence-corrected chi connectivity index (χ1v) is 9.71. The Morgan fingerprint density at radius 1 is 1.35 bits per heavy atom. The van der Waals surface area contributed by atoms with E-state index < -0.39 is 18.9 Å². The maximum atomic E-state index is 13.5. The molecule has 1 aromatic carbocycles. The number of ether oxygens (including phenoxy) is 1. The number of nitriles is 1. The lowest BCUT2D eigenvalue weighted by Gasteiger charge is -2.28. The highest BCUT2D eigenvalue weighted by Gasteiger charge is 2.41. The van der Waals surface area contributed by atoms with Crippen molar-refractivity contribution >= 4 is 41.6 Å². The smallest absolute Gasteiger partial charge is 0.423 e. The Balaban J connectivity index is 1.61. The number of benzene rings is 1. The van der Waals surface area contributed by atoms with E-state index in [1.165, 1.54) is 12.3 Å². The van der Waals surface area contributed by atoms with Gasteiger partial charge in [0, 0.05) is 17.8 Å². The van der Waals surface area contributed by atoms with Gasteiger partial charge in [0.05, 0.1) is 43.0 Å². The monoisotopic (exact) mass is 453 g/mol. The van der Waals surface area contributed by atoms with Gasteiger partial charge in [0.1, 0.15) is 5.02 Å². The molecule has 2 atom stereocenters. The molecule has 1 aromatic heterocycles. The van der Waals surface area contributed by atoms with Crippen molar-refractivity contribution in [1.82, 2.24) is 9.97 Å². The van der Waals surface area contributed by atoms with Crippen LogP contribution in [0.25, 0.3) is 0 Å². The predicted molar refractivity (Wildman–Crippen MR) is 106 cm³/mol. The molecule has 2 aromatic rings. The predicted octanol–water partition coefficient (Wildman–Crippen LogP) is 2.45. The summed E-state index contributed by atoms with van der Waals surface area (Å²) in [4.78, 5) is 8.25. The van der Waals surface area contributed by atoms with Crippen molar-refractivity contribution in [2.24, 2.45) is 5.92 Å². The van der Waals surface area contributed by atoms with Gasteiger partial charge < -0.3 is 25.0 Å². The van der Waals surface area contributed by atoms with Crippen LogP contribution in [0.15, 0.2) is 18.3 Å². The van der Waals surface area contributed by atoms with Crippen molar-refractivity contribution in [1.29, 1.82) is 5.26 Å². The Kier molecular flexibility index (Phi) is 5.94. The molecule has 0 spiro atoms. The maximum absolute atomic E-state index is 13.5. The molecule has 0 radical (unpaired) electrons. The second-order valence-electron chi connectivity index (χ2n) is 7.12. The molecule has 2 aliphatic heterocycles. The molecule has 2 aliphatic rings. The van der Waals surface area contributed by atoms with Crippen LogP contribution in [0, 0.1) is 17.2 Å². The summed E-state index contributed by atoms with van der Waals surface area (Å²) in [6, 6.07) is 4.17. The highest BCUT2D eigenvalue weighted by atomic mass is 35.5. The van der Waals surface area contributed by atoms with Crippen LogP contribution in [0.4, 0.5) is 30.6 Å². The van der Waals surface area contributed by atoms with Crippen LogP contribution in [-0.2, 0) is 22.2 Å². The number of anilines is 3. The highest BCUT2D eigenvalue weighted by molar-refractivity contribution is 6.62. The Hall–Kier alpha value is -2.59. The molecule has 0 amide bonds. The lowest BCUT2D eigenvalue weighted by Crippen LogP contribution is -2.38. The molecular weight excluding hydrogens is 437 g/mol. The van der Waals surface area contributed by atoms with Crippen LogP contribution in [0.2, 0.25) is 5.02 Å². The molecule has 0 unspecified atom stereocenters. The number of hydrogen-bond donors (Lipinski definition) is 3. The molecule has 0 bridgehead atoms. The fraction of sp³-hybridized carbons (Fsp3) is 0.389. The normalized spacial score (nSPS) is 20.8. The van der Waals surface area contributed by atoms with E-state index >= 15 is 0 Å². The summed E-state index contributed by atoms with van der Waals surface area (Å²) in [6.45, 7) is 0.628. The fourth-order valence-electron chi connectivity index (χ4n) is 3.55. The van der Waals surface area contributed by atoms with Crippen LogP contribution in [-0.4, -0.2) is 41.4 Å². The van der Waals surface area contributed by atoms with Crippen molar-refractivity contribution in [2.75, 3.05) is 23.8 Å². The van der Waals surface area contributed by atoms with E-state index in [-0.39, 0.29) is 52.1 Å². The number of rotatable bonds is 4. The molecule has 1 fully saturated rings. The SMILES string of the molecule is N#C[C@H]1CCOC[C@@H]1Nc1nc(Nc2cc3c(c(C(F)(F)F)c2)B(O)OC3)ncc1Cl. The summed E-state index contributed by atoms with van der Waals surface area (Å²) in [7, 11) is -1.63. The lowest BCUT2D eigenvalue weighted by molar-refractivity contribution is -0.136. The quantitative estimate of drug-likeness (QED) is 0.605. The summed E-state index contributed by atoms with van der Waals surface area (Å²) < 4.78 is 50.8. The van der Waals surface area contributed by atoms with Gasteiger partial charge in [-0.3, -0.25) is 0 Å². The molecule has 3 heterocycles. The highest BCUT2D eigenvalue weighted by Crippen LogP contribution is 2.34. The van der Waals surface area contributed by atoms with Crippen LogP contribution < -0.4 is 16.1 Å². The molecule has 31 heavy (non-hydrogen) atoms. The fourth-order valence-corrected chi connectivity index (χ4v) is 3.70. The second-order valence-corrected chi connectivity index (χ2v) is 7.53. The lowest BCUT2D eigenvalue weighted by atomic mass is 9.75. The summed E-state index contributed by atoms with van der Waals surface area (Å²) in [5.41, 5.74) is -1.00. The standard InChI is InChI=1S/C18H16BClF3N5O3/c20-13-6-25-17(28-16(13)27-14-8-30-2-1-9(14)5-24)26-11-3-10-7-31-19(29)15(10)12(4-11)18(21,22)23/h3-4,6,9,14,29H,1-2,7-8H2,(H2,25,26,27,28)/t9-,14+/m1/s1. The van der Waals surface area contributed by atoms with Crippen LogP contribution in [0.1, 0.15) is 17.5 Å². The number of nitrogens with one attached hydrogen (secondary N) is 2. The Labute approximate surface area is 180 Å². The van der Waals surface area contributed by atoms with Crippen LogP contribution in [0.3, 0.4) is 0 Å². The van der Waals surface area contributed by atoms with E-state index in [1.807, 2.05) is 0 Å². The maximum Gasteiger partial charge on any atom is 0.492 e. The van der Waals surface area contributed by atoms with Gasteiger partial charge in [-0.15, -0.1) is 0 Å². The minimum absolute atomic E-state index is 0.00433. The van der Waals surface area contributed by atoms with Gasteiger partial charge in [-0.05, 0) is 24.1 Å². The number of nitrogens with zero attached hydrogens (tertiary/aromatic N) is 3. The van der Waals surface area contributed by atoms with Crippen molar-refractivity contribution < 1.29 is 27.6 Å². The van der Waals surface area contributed by atoms with E-state index in [9.17, 15) is 23.5 Å². The van der Waals surface area contributed by atoms with E-state index in [0.717, 1.165) is 6.07 Å². The third kappa shape index (κ3) is 4.55. The van der Waals surface area contributed by atoms with Gasteiger partial charge in [0.25, 0.3) is 0 Å². The zero-order valence-electron chi connectivity index (χ0n) is 15.9. The van der Waals surface area contributed by atoms with Crippen molar-refractivity contribution in [3.63, 3.8) is 0 Å². The zero-order valence-corrected chi connectivity index (χ0v) is 16.7. The average molecular weight is 454 g/mol. The molecule has 0 aliphatic carbocycles. The molecule has 3 N–H and O–H groups in total. The van der Waals surface area contributed by atoms with Gasteiger partial charge in [-0.1, -0.05) is 11.6 Å². The first kappa shape index (κ1) is 21.6. The summed E-state index contributed by atoms with van der Waals surface area (Å²) >= 11 is 6.16. The van der Waals surface area contributed by atoms with Gasteiger partial charge in [-0.25, -0.2) is 4.98 Å². The Bertz CT molecular complexity index is 1040. The van der Waals surface area contributed by atoms with E-state index in [2.05, 4.69) is 26.7 Å². The number of fused-ring (bicyclic) bond motifs is 1. The number of hydrogen-bond acceptors (Lipinski definition) is 8. The van der Waals surface area contributed by atoms with Gasteiger partial charge in [-0.2, -0.15) is 23.4 Å². The minimum atomic E-state index is -4.68. The van der Waals surface area contributed by atoms with E-state index in [0.29, 0.717) is 19.6 Å². The van der Waals surface area contributed by atoms with Crippen molar-refractivity contribution in [3.8, 4) is 6.07 Å². The topological polar surface area (TPSA) is 112 Å². The number of halogens is 4. The number of aromatic nitrogens is 2. The van der Waals surface area contributed by atoms with Crippen molar-refractivity contribution in [3.05, 3.63) is 34.5 Å². The largest absolute Gasteiger partial charge is 0.492 e. The Morgan fingerprint density at radius 3 is 2.90 bits per heavy atom. The molecule has 13 heteroatoms. The van der Waals surface area contributed by atoms with Gasteiger partial charge in [0.15, 0.2) is 5.82 Å². The zero-order chi connectivity index (χ0) is 22.2. The van der Waals surface area contributed by atoms with Crippen molar-refractivity contribution in [2.45, 2.75) is 25.2 Å². The molecule has 4 rings (SSSR count). The first-order valence-electron chi connectivity index (χ1n) is 9.33. The average Bonchev–Trinajstić information content (AvgIpc) is 3.10. The molecule has 162 valence electrons. The molecule has 0 saturated carbocycles. The third-order valence-corrected chi connectivity index (χ3v) is 5.34. The summed E-state index contributed by atoms with van der Waals surface area (Å²) in [5, 5.41) is 25.0. The third-order valence-electron chi connectivity index (χ3n) is 5.06. The van der Waals surface area contributed by atoms with Gasteiger partial charge in [0.2, 0.25) is 5.95 Å². The van der Waals surface area contributed by atoms with E-state index in [4.69, 9.17) is 21.0 Å². The first-order chi connectivity index (χ1) is 14.8. The molecular formula is C18H16BClF3N5O3. The van der Waals surface area contributed by atoms with Crippen LogP contribution >= 0.6 is 11.6 Å². The van der Waals surface area contributed by atoms with Gasteiger partial charge >= 0.3 is 13.3 Å². The summed E-state index contributed by atoms with van der Waals surface area (Å²) in [5.74, 6) is -0.0655. The van der Waals surface area contributed by atoms with Crippen LogP contribution in [0.5, 0.6) is 0 Å². The minimum Gasteiger partial charge on any atom is -0.423 e. The second kappa shape index (κ2) is 8.51. The molecule has 8 nitrogen and oxygen atoms in total. The van der Waals surface area contributed by atoms with E-state index in [1.54, 1.807) is 0 Å². The number of alkyl halides is 3. The Morgan fingerprint density at radius 2 is 2.16 bits per heavy atom.